The molecule has 0 radical (unpaired) electrons. The molecule has 7 nitrogen and oxygen atoms in total. The van der Waals surface area contributed by atoms with E-state index in [1.54, 1.807) is 12.1 Å². The average Bonchev–Trinajstić information content (AvgIpc) is 2.52. The first-order valence-corrected chi connectivity index (χ1v) is 6.98. The number of carboxylic acid groups (broad SMARTS) is 1. The second-order valence-electron chi connectivity index (χ2n) is 5.53. The Morgan fingerprint density at radius 1 is 1.09 bits per heavy atom. The number of carbonyl (C=O) groups is 2. The molecule has 23 heavy (non-hydrogen) atoms. The van der Waals surface area contributed by atoms with E-state index in [1.165, 1.54) is 47.1 Å². The zero-order valence-electron chi connectivity index (χ0n) is 14.3. The van der Waals surface area contributed by atoms with E-state index in [1.807, 2.05) is 0 Å². The molecule has 0 saturated heterocycles. The van der Waals surface area contributed by atoms with Crippen molar-refractivity contribution in [1.29, 1.82) is 0 Å². The summed E-state index contributed by atoms with van der Waals surface area (Å²) in [5, 5.41) is 9.21. The van der Waals surface area contributed by atoms with Gasteiger partial charge in [0.15, 0.2) is 11.5 Å². The van der Waals surface area contributed by atoms with E-state index in [0.717, 1.165) is 0 Å². The Balaban J connectivity index is 3.10. The summed E-state index contributed by atoms with van der Waals surface area (Å²) >= 11 is 0. The Hall–Kier alpha value is -2.44. The van der Waals surface area contributed by atoms with Crippen molar-refractivity contribution >= 4 is 11.9 Å². The van der Waals surface area contributed by atoms with Gasteiger partial charge >= 0.3 is 5.97 Å². The van der Waals surface area contributed by atoms with Gasteiger partial charge in [-0.05, 0) is 31.5 Å². The minimum absolute atomic E-state index is 0.0178. The fourth-order valence-electron chi connectivity index (χ4n) is 1.99. The van der Waals surface area contributed by atoms with E-state index >= 15 is 0 Å². The molecule has 0 aliphatic carbocycles. The minimum Gasteiger partial charge on any atom is -0.493 e. The normalized spacial score (nSPS) is 10.9. The van der Waals surface area contributed by atoms with E-state index in [9.17, 15) is 14.7 Å². The molecule has 0 heterocycles. The van der Waals surface area contributed by atoms with Crippen LogP contribution in [0, 0.1) is 0 Å². The average molecular weight is 325 g/mol. The third kappa shape index (κ3) is 3.85. The van der Waals surface area contributed by atoms with E-state index in [0.29, 0.717) is 22.8 Å². The molecule has 0 aromatic heterocycles. The highest BCUT2D eigenvalue weighted by atomic mass is 16.5. The maximum Gasteiger partial charge on any atom is 0.329 e. The molecule has 7 heteroatoms. The number of likely N-dealkylation sites (N-methyl/N-ethyl adjacent to an activating group) is 1. The van der Waals surface area contributed by atoms with Gasteiger partial charge in [-0.15, -0.1) is 0 Å². The van der Waals surface area contributed by atoms with Crippen molar-refractivity contribution in [2.24, 2.45) is 0 Å². The Labute approximate surface area is 135 Å². The smallest absolute Gasteiger partial charge is 0.329 e. The molecule has 1 aromatic rings. The second kappa shape index (κ2) is 7.21. The summed E-state index contributed by atoms with van der Waals surface area (Å²) in [6.45, 7) is 2.95. The zero-order chi connectivity index (χ0) is 17.8. The maximum atomic E-state index is 12.4. The number of amides is 1. The highest BCUT2D eigenvalue weighted by molar-refractivity contribution is 5.87. The lowest BCUT2D eigenvalue weighted by atomic mass is 10.0. The Morgan fingerprint density at radius 2 is 1.57 bits per heavy atom. The Morgan fingerprint density at radius 3 is 1.91 bits per heavy atom. The standard InChI is InChI=1S/C16H23NO6/c1-16(2,15(19)20)17(3)13(18)9-10-7-11(21-4)14(23-6)12(8-10)22-5/h7-8H,9H2,1-6H3,(H,19,20). The largest absolute Gasteiger partial charge is 0.493 e. The molecule has 1 aromatic carbocycles. The maximum absolute atomic E-state index is 12.4. The Bertz CT molecular complexity index is 571. The number of ether oxygens (including phenoxy) is 3. The highest BCUT2D eigenvalue weighted by Gasteiger charge is 2.35. The summed E-state index contributed by atoms with van der Waals surface area (Å²) in [4.78, 5) is 24.8. The van der Waals surface area contributed by atoms with Crippen molar-refractivity contribution < 1.29 is 28.9 Å². The number of aliphatic carboxylic acids is 1. The van der Waals surface area contributed by atoms with Crippen molar-refractivity contribution in [3.05, 3.63) is 17.7 Å². The molecule has 0 unspecified atom stereocenters. The van der Waals surface area contributed by atoms with E-state index < -0.39 is 11.5 Å². The first kappa shape index (κ1) is 18.6. The first-order chi connectivity index (χ1) is 10.7. The van der Waals surface area contributed by atoms with Gasteiger partial charge in [0.2, 0.25) is 11.7 Å². The molecule has 0 bridgehead atoms. The second-order valence-corrected chi connectivity index (χ2v) is 5.53. The lowest BCUT2D eigenvalue weighted by Gasteiger charge is -2.31. The van der Waals surface area contributed by atoms with Crippen LogP contribution in [0.3, 0.4) is 0 Å². The Kier molecular flexibility index (Phi) is 5.84. The van der Waals surface area contributed by atoms with Gasteiger partial charge in [-0.25, -0.2) is 4.79 Å². The van der Waals surface area contributed by atoms with Crippen molar-refractivity contribution in [2.45, 2.75) is 25.8 Å². The molecule has 128 valence electrons. The molecule has 0 saturated carbocycles. The van der Waals surface area contributed by atoms with Crippen molar-refractivity contribution in [3.63, 3.8) is 0 Å². The molecule has 0 fully saturated rings. The van der Waals surface area contributed by atoms with Crippen LogP contribution in [0.5, 0.6) is 17.2 Å². The van der Waals surface area contributed by atoms with Gasteiger partial charge in [0.25, 0.3) is 0 Å². The molecule has 0 atom stereocenters. The highest BCUT2D eigenvalue weighted by Crippen LogP contribution is 2.38. The van der Waals surface area contributed by atoms with Crippen LogP contribution in [-0.4, -0.2) is 55.8 Å². The summed E-state index contributed by atoms with van der Waals surface area (Å²) in [6, 6.07) is 3.34. The third-order valence-electron chi connectivity index (χ3n) is 3.82. The number of nitrogens with zero attached hydrogens (tertiary/aromatic N) is 1. The molecule has 0 aliphatic rings. The van der Waals surface area contributed by atoms with Gasteiger partial charge in [-0.1, -0.05) is 0 Å². The van der Waals surface area contributed by atoms with Gasteiger partial charge in [0, 0.05) is 7.05 Å². The third-order valence-corrected chi connectivity index (χ3v) is 3.82. The van der Waals surface area contributed by atoms with Crippen LogP contribution in [0.15, 0.2) is 12.1 Å². The van der Waals surface area contributed by atoms with Crippen LogP contribution in [-0.2, 0) is 16.0 Å². The predicted molar refractivity (Wildman–Crippen MR) is 84.3 cm³/mol. The van der Waals surface area contributed by atoms with Gasteiger partial charge in [-0.2, -0.15) is 0 Å². The first-order valence-electron chi connectivity index (χ1n) is 6.98. The molecule has 1 N–H and O–H groups in total. The van der Waals surface area contributed by atoms with Crippen LogP contribution < -0.4 is 14.2 Å². The SMILES string of the molecule is COc1cc(CC(=O)N(C)C(C)(C)C(=O)O)cc(OC)c1OC. The lowest BCUT2D eigenvalue weighted by molar-refractivity contribution is -0.155. The summed E-state index contributed by atoms with van der Waals surface area (Å²) in [5.41, 5.74) is -0.657. The number of carbonyl (C=O) groups excluding carboxylic acids is 1. The number of methoxy groups -OCH3 is 3. The summed E-state index contributed by atoms with van der Waals surface area (Å²) in [6.07, 6.45) is 0.0178. The van der Waals surface area contributed by atoms with Gasteiger partial charge in [0.1, 0.15) is 5.54 Å². The van der Waals surface area contributed by atoms with Crippen molar-refractivity contribution in [1.82, 2.24) is 4.90 Å². The molecule has 1 amide bonds. The van der Waals surface area contributed by atoms with Crippen molar-refractivity contribution in [2.75, 3.05) is 28.4 Å². The number of carboxylic acids is 1. The number of benzene rings is 1. The summed E-state index contributed by atoms with van der Waals surface area (Å²) in [7, 11) is 5.94. The fourth-order valence-corrected chi connectivity index (χ4v) is 1.99. The predicted octanol–water partition coefficient (Wildman–Crippen LogP) is 1.58. The van der Waals surface area contributed by atoms with Gasteiger partial charge in [0.05, 0.1) is 27.8 Å². The summed E-state index contributed by atoms with van der Waals surface area (Å²) in [5.74, 6) is -0.0834. The van der Waals surface area contributed by atoms with Crippen LogP contribution in [0.25, 0.3) is 0 Å². The minimum atomic E-state index is -1.29. The molecule has 0 aliphatic heterocycles. The molecular weight excluding hydrogens is 302 g/mol. The quantitative estimate of drug-likeness (QED) is 0.819. The van der Waals surface area contributed by atoms with Crippen LogP contribution in [0.2, 0.25) is 0 Å². The lowest BCUT2D eigenvalue weighted by Crippen LogP contribution is -2.51. The van der Waals surface area contributed by atoms with E-state index in [2.05, 4.69) is 0 Å². The zero-order valence-corrected chi connectivity index (χ0v) is 14.3. The van der Waals surface area contributed by atoms with Crippen LogP contribution in [0.4, 0.5) is 0 Å². The van der Waals surface area contributed by atoms with Crippen LogP contribution >= 0.6 is 0 Å². The molecule has 1 rings (SSSR count). The number of rotatable bonds is 7. The van der Waals surface area contributed by atoms with Gasteiger partial charge < -0.3 is 24.2 Å². The number of hydrogen-bond donors (Lipinski definition) is 1. The van der Waals surface area contributed by atoms with Gasteiger partial charge in [-0.3, -0.25) is 4.79 Å². The number of hydrogen-bond acceptors (Lipinski definition) is 5. The van der Waals surface area contributed by atoms with E-state index in [4.69, 9.17) is 14.2 Å². The molecule has 0 spiro atoms. The van der Waals surface area contributed by atoms with E-state index in [-0.39, 0.29) is 12.3 Å². The topological polar surface area (TPSA) is 85.3 Å². The molecular formula is C16H23NO6. The summed E-state index contributed by atoms with van der Waals surface area (Å²) < 4.78 is 15.7. The van der Waals surface area contributed by atoms with Crippen LogP contribution in [0.1, 0.15) is 19.4 Å². The fraction of sp³-hybridized carbons (Fsp3) is 0.500. The monoisotopic (exact) mass is 325 g/mol. The van der Waals surface area contributed by atoms with Crippen molar-refractivity contribution in [3.8, 4) is 17.2 Å².